The average Bonchev–Trinajstić information content (AvgIpc) is 2.08. The molecule has 0 amide bonds. The number of hydrogen-bond acceptors (Lipinski definition) is 2. The minimum atomic E-state index is -0.0868. The lowest BCUT2D eigenvalue weighted by atomic mass is 10.2. The van der Waals surface area contributed by atoms with E-state index in [1.165, 1.54) is 25.9 Å². The highest BCUT2D eigenvalue weighted by atomic mass is 15.3. The van der Waals surface area contributed by atoms with Gasteiger partial charge in [-0.1, -0.05) is 0 Å². The first-order valence-corrected chi connectivity index (χ1v) is 3.64. The van der Waals surface area contributed by atoms with Gasteiger partial charge >= 0.3 is 0 Å². The van der Waals surface area contributed by atoms with Crippen LogP contribution in [0.3, 0.4) is 0 Å². The van der Waals surface area contributed by atoms with Gasteiger partial charge in [-0.05, 0) is 39.8 Å². The highest BCUT2D eigenvalue weighted by Gasteiger charge is 2.23. The zero-order valence-electron chi connectivity index (χ0n) is 6.35. The number of nitrogens with zero attached hydrogens (tertiary/aromatic N) is 1. The fourth-order valence-corrected chi connectivity index (χ4v) is 1.29. The molecule has 54 valence electrons. The van der Waals surface area contributed by atoms with Crippen LogP contribution in [-0.2, 0) is 0 Å². The molecule has 1 saturated heterocycles. The van der Waals surface area contributed by atoms with E-state index in [1.54, 1.807) is 0 Å². The average molecular weight is 128 g/mol. The van der Waals surface area contributed by atoms with Gasteiger partial charge in [0.05, 0.1) is 5.66 Å². The molecule has 0 atom stereocenters. The van der Waals surface area contributed by atoms with E-state index < -0.39 is 0 Å². The van der Waals surface area contributed by atoms with Gasteiger partial charge in [-0.15, -0.1) is 0 Å². The lowest BCUT2D eigenvalue weighted by molar-refractivity contribution is 0.162. The fourth-order valence-electron chi connectivity index (χ4n) is 1.29. The SMILES string of the molecule is CC(C)(N)N1CCCC1. The molecule has 0 aliphatic carbocycles. The highest BCUT2D eigenvalue weighted by Crippen LogP contribution is 2.15. The Bertz CT molecular complexity index is 87.6. The molecule has 9 heavy (non-hydrogen) atoms. The fraction of sp³-hybridized carbons (Fsp3) is 1.00. The van der Waals surface area contributed by atoms with Crippen LogP contribution in [0.5, 0.6) is 0 Å². The van der Waals surface area contributed by atoms with Crippen molar-refractivity contribution in [3.63, 3.8) is 0 Å². The van der Waals surface area contributed by atoms with Crippen LogP contribution >= 0.6 is 0 Å². The molecule has 1 fully saturated rings. The van der Waals surface area contributed by atoms with Gasteiger partial charge in [0.15, 0.2) is 0 Å². The predicted molar refractivity (Wildman–Crippen MR) is 39.1 cm³/mol. The summed E-state index contributed by atoms with van der Waals surface area (Å²) in [7, 11) is 0. The molecule has 2 N–H and O–H groups in total. The molecule has 2 heteroatoms. The van der Waals surface area contributed by atoms with Crippen molar-refractivity contribution in [2.75, 3.05) is 13.1 Å². The van der Waals surface area contributed by atoms with Crippen LogP contribution in [0.25, 0.3) is 0 Å². The normalized spacial score (nSPS) is 23.0. The van der Waals surface area contributed by atoms with Gasteiger partial charge in [-0.3, -0.25) is 4.90 Å². The van der Waals surface area contributed by atoms with Crippen molar-refractivity contribution in [3.8, 4) is 0 Å². The first-order chi connectivity index (χ1) is 4.11. The number of likely N-dealkylation sites (tertiary alicyclic amines) is 1. The Labute approximate surface area is 57.0 Å². The van der Waals surface area contributed by atoms with Crippen molar-refractivity contribution in [1.82, 2.24) is 4.90 Å². The summed E-state index contributed by atoms with van der Waals surface area (Å²) >= 11 is 0. The Balaban J connectivity index is 2.42. The molecule has 0 aromatic carbocycles. The zero-order chi connectivity index (χ0) is 6.91. The van der Waals surface area contributed by atoms with E-state index in [0.717, 1.165) is 0 Å². The van der Waals surface area contributed by atoms with Gasteiger partial charge < -0.3 is 5.73 Å². The summed E-state index contributed by atoms with van der Waals surface area (Å²) in [5.74, 6) is 0. The molecule has 1 aliphatic heterocycles. The van der Waals surface area contributed by atoms with Gasteiger partial charge in [0.2, 0.25) is 0 Å². The van der Waals surface area contributed by atoms with Gasteiger partial charge in [0, 0.05) is 0 Å². The second-order valence-corrected chi connectivity index (χ2v) is 3.35. The quantitative estimate of drug-likeness (QED) is 0.565. The minimum Gasteiger partial charge on any atom is -0.314 e. The minimum absolute atomic E-state index is 0.0868. The van der Waals surface area contributed by atoms with Crippen LogP contribution in [-0.4, -0.2) is 23.7 Å². The Kier molecular flexibility index (Phi) is 1.78. The van der Waals surface area contributed by atoms with E-state index in [2.05, 4.69) is 18.7 Å². The van der Waals surface area contributed by atoms with E-state index in [4.69, 9.17) is 5.73 Å². The van der Waals surface area contributed by atoms with Gasteiger partial charge in [-0.25, -0.2) is 0 Å². The third-order valence-corrected chi connectivity index (χ3v) is 1.92. The Morgan fingerprint density at radius 1 is 1.22 bits per heavy atom. The first-order valence-electron chi connectivity index (χ1n) is 3.64. The van der Waals surface area contributed by atoms with Gasteiger partial charge in [0.25, 0.3) is 0 Å². The van der Waals surface area contributed by atoms with Crippen LogP contribution in [0.4, 0.5) is 0 Å². The lowest BCUT2D eigenvalue weighted by Crippen LogP contribution is -2.49. The van der Waals surface area contributed by atoms with Crippen molar-refractivity contribution in [2.24, 2.45) is 5.73 Å². The second kappa shape index (κ2) is 2.27. The molecule has 0 saturated carbocycles. The van der Waals surface area contributed by atoms with Crippen LogP contribution in [0, 0.1) is 0 Å². The molecule has 0 radical (unpaired) electrons. The van der Waals surface area contributed by atoms with Gasteiger partial charge in [-0.2, -0.15) is 0 Å². The molecule has 1 rings (SSSR count). The van der Waals surface area contributed by atoms with Crippen LogP contribution in [0.2, 0.25) is 0 Å². The maximum Gasteiger partial charge on any atom is 0.0629 e. The monoisotopic (exact) mass is 128 g/mol. The number of hydrogen-bond donors (Lipinski definition) is 1. The summed E-state index contributed by atoms with van der Waals surface area (Å²) < 4.78 is 0. The van der Waals surface area contributed by atoms with Crippen LogP contribution in [0.15, 0.2) is 0 Å². The largest absolute Gasteiger partial charge is 0.314 e. The smallest absolute Gasteiger partial charge is 0.0629 e. The Hall–Kier alpha value is -0.0800. The van der Waals surface area contributed by atoms with Crippen molar-refractivity contribution in [3.05, 3.63) is 0 Å². The summed E-state index contributed by atoms with van der Waals surface area (Å²) in [5.41, 5.74) is 5.78. The Morgan fingerprint density at radius 3 is 1.89 bits per heavy atom. The molecule has 0 aromatic rings. The van der Waals surface area contributed by atoms with Crippen molar-refractivity contribution in [1.29, 1.82) is 0 Å². The van der Waals surface area contributed by atoms with Crippen LogP contribution < -0.4 is 5.73 Å². The molecular weight excluding hydrogens is 112 g/mol. The van der Waals surface area contributed by atoms with Crippen molar-refractivity contribution >= 4 is 0 Å². The van der Waals surface area contributed by atoms with Crippen molar-refractivity contribution in [2.45, 2.75) is 32.4 Å². The lowest BCUT2D eigenvalue weighted by Gasteiger charge is -2.30. The van der Waals surface area contributed by atoms with E-state index in [0.29, 0.717) is 0 Å². The summed E-state index contributed by atoms with van der Waals surface area (Å²) in [4.78, 5) is 2.33. The van der Waals surface area contributed by atoms with Crippen molar-refractivity contribution < 1.29 is 0 Å². The van der Waals surface area contributed by atoms with Gasteiger partial charge in [0.1, 0.15) is 0 Å². The molecular formula is C7H16N2. The summed E-state index contributed by atoms with van der Waals surface area (Å²) in [5, 5.41) is 0. The molecule has 0 unspecified atom stereocenters. The highest BCUT2D eigenvalue weighted by molar-refractivity contribution is 4.78. The molecule has 0 aromatic heterocycles. The Morgan fingerprint density at radius 2 is 1.67 bits per heavy atom. The topological polar surface area (TPSA) is 29.3 Å². The van der Waals surface area contributed by atoms with E-state index in [1.807, 2.05) is 0 Å². The maximum absolute atomic E-state index is 5.87. The second-order valence-electron chi connectivity index (χ2n) is 3.35. The third kappa shape index (κ3) is 1.66. The summed E-state index contributed by atoms with van der Waals surface area (Å²) in [6.07, 6.45) is 2.64. The summed E-state index contributed by atoms with van der Waals surface area (Å²) in [6, 6.07) is 0. The van der Waals surface area contributed by atoms with E-state index in [9.17, 15) is 0 Å². The molecule has 1 aliphatic rings. The number of rotatable bonds is 1. The summed E-state index contributed by atoms with van der Waals surface area (Å²) in [6.45, 7) is 6.50. The van der Waals surface area contributed by atoms with Crippen LogP contribution in [0.1, 0.15) is 26.7 Å². The maximum atomic E-state index is 5.87. The molecule has 1 heterocycles. The molecule has 2 nitrogen and oxygen atoms in total. The number of nitrogens with two attached hydrogens (primary N) is 1. The zero-order valence-corrected chi connectivity index (χ0v) is 6.35. The predicted octanol–water partition coefficient (Wildman–Crippen LogP) is 0.777. The molecule has 0 spiro atoms. The third-order valence-electron chi connectivity index (χ3n) is 1.92. The molecule has 0 bridgehead atoms. The standard InChI is InChI=1S/C7H16N2/c1-7(2,8)9-5-3-4-6-9/h3-6,8H2,1-2H3. The van der Waals surface area contributed by atoms with E-state index >= 15 is 0 Å². The van der Waals surface area contributed by atoms with E-state index in [-0.39, 0.29) is 5.66 Å². The first kappa shape index (κ1) is 7.03.